The highest BCUT2D eigenvalue weighted by atomic mass is 32.2. The summed E-state index contributed by atoms with van der Waals surface area (Å²) in [6, 6.07) is 10.1. The predicted octanol–water partition coefficient (Wildman–Crippen LogP) is 2.11. The van der Waals surface area contributed by atoms with E-state index in [4.69, 9.17) is 0 Å². The summed E-state index contributed by atoms with van der Waals surface area (Å²) in [5.74, 6) is 0.426. The molecule has 0 fully saturated rings. The standard InChI is InChI=1S/C14H21NO2S/c1-3-18(16,17)10-9-15-12-13(2)11-14-7-5-4-6-8-14/h4-8,11,15H,3,9-10,12H2,1-2H3/b13-11+. The summed E-state index contributed by atoms with van der Waals surface area (Å²) in [7, 11) is -2.86. The molecule has 18 heavy (non-hydrogen) atoms. The summed E-state index contributed by atoms with van der Waals surface area (Å²) < 4.78 is 22.6. The van der Waals surface area contributed by atoms with Gasteiger partial charge in [-0.05, 0) is 12.5 Å². The van der Waals surface area contributed by atoms with Gasteiger partial charge < -0.3 is 5.32 Å². The highest BCUT2D eigenvalue weighted by molar-refractivity contribution is 7.91. The summed E-state index contributed by atoms with van der Waals surface area (Å²) in [5.41, 5.74) is 2.35. The lowest BCUT2D eigenvalue weighted by atomic mass is 10.1. The van der Waals surface area contributed by atoms with E-state index in [0.29, 0.717) is 13.1 Å². The third kappa shape index (κ3) is 5.98. The van der Waals surface area contributed by atoms with Crippen LogP contribution in [0.2, 0.25) is 0 Å². The largest absolute Gasteiger partial charge is 0.312 e. The molecule has 0 aliphatic rings. The van der Waals surface area contributed by atoms with Crippen LogP contribution < -0.4 is 5.32 Å². The average molecular weight is 267 g/mol. The fourth-order valence-electron chi connectivity index (χ4n) is 1.54. The third-order valence-electron chi connectivity index (χ3n) is 2.65. The Hall–Kier alpha value is -1.13. The van der Waals surface area contributed by atoms with Gasteiger partial charge in [-0.25, -0.2) is 8.42 Å². The molecule has 0 aromatic heterocycles. The van der Waals surface area contributed by atoms with E-state index in [1.807, 2.05) is 37.3 Å². The van der Waals surface area contributed by atoms with Crippen molar-refractivity contribution in [2.75, 3.05) is 24.6 Å². The quantitative estimate of drug-likeness (QED) is 0.770. The van der Waals surface area contributed by atoms with Crippen LogP contribution in [0.3, 0.4) is 0 Å². The molecule has 0 unspecified atom stereocenters. The lowest BCUT2D eigenvalue weighted by molar-refractivity contribution is 0.593. The van der Waals surface area contributed by atoms with Crippen molar-refractivity contribution in [3.8, 4) is 0 Å². The Bertz CT molecular complexity index is 478. The van der Waals surface area contributed by atoms with Crippen LogP contribution in [0.1, 0.15) is 19.4 Å². The first-order chi connectivity index (χ1) is 8.53. The summed E-state index contributed by atoms with van der Waals surface area (Å²) in [4.78, 5) is 0. The normalized spacial score (nSPS) is 12.7. The Morgan fingerprint density at radius 2 is 1.94 bits per heavy atom. The van der Waals surface area contributed by atoms with Crippen molar-refractivity contribution in [2.24, 2.45) is 0 Å². The van der Waals surface area contributed by atoms with Crippen molar-refractivity contribution in [2.45, 2.75) is 13.8 Å². The zero-order chi connectivity index (χ0) is 13.4. The van der Waals surface area contributed by atoms with E-state index in [9.17, 15) is 8.42 Å². The van der Waals surface area contributed by atoms with Gasteiger partial charge in [0.1, 0.15) is 0 Å². The van der Waals surface area contributed by atoms with Crippen molar-refractivity contribution in [1.82, 2.24) is 5.32 Å². The van der Waals surface area contributed by atoms with E-state index in [2.05, 4.69) is 11.4 Å². The smallest absolute Gasteiger partial charge is 0.151 e. The van der Waals surface area contributed by atoms with Crippen molar-refractivity contribution in [3.05, 3.63) is 41.5 Å². The van der Waals surface area contributed by atoms with Crippen LogP contribution in [0, 0.1) is 0 Å². The Balaban J connectivity index is 2.34. The highest BCUT2D eigenvalue weighted by Crippen LogP contribution is 2.04. The van der Waals surface area contributed by atoms with Crippen LogP contribution in [0.5, 0.6) is 0 Å². The van der Waals surface area contributed by atoms with Crippen molar-refractivity contribution in [1.29, 1.82) is 0 Å². The Labute approximate surface area is 110 Å². The maximum absolute atomic E-state index is 11.3. The minimum absolute atomic E-state index is 0.210. The van der Waals surface area contributed by atoms with E-state index in [0.717, 1.165) is 5.56 Å². The minimum atomic E-state index is -2.86. The first-order valence-electron chi connectivity index (χ1n) is 6.17. The van der Waals surface area contributed by atoms with Gasteiger partial charge >= 0.3 is 0 Å². The van der Waals surface area contributed by atoms with Crippen molar-refractivity contribution >= 4 is 15.9 Å². The van der Waals surface area contributed by atoms with E-state index in [1.165, 1.54) is 5.57 Å². The zero-order valence-electron chi connectivity index (χ0n) is 11.0. The second-order valence-electron chi connectivity index (χ2n) is 4.31. The van der Waals surface area contributed by atoms with Crippen LogP contribution in [0.25, 0.3) is 6.08 Å². The molecule has 1 aromatic carbocycles. The van der Waals surface area contributed by atoms with Gasteiger partial charge in [0.2, 0.25) is 0 Å². The molecular formula is C14H21NO2S. The molecule has 0 amide bonds. The number of nitrogens with one attached hydrogen (secondary N) is 1. The van der Waals surface area contributed by atoms with Gasteiger partial charge in [-0.1, -0.05) is 48.9 Å². The lowest BCUT2D eigenvalue weighted by Crippen LogP contribution is -2.25. The van der Waals surface area contributed by atoms with Crippen LogP contribution >= 0.6 is 0 Å². The maximum atomic E-state index is 11.3. The summed E-state index contributed by atoms with van der Waals surface area (Å²) in [5, 5.41) is 3.15. The van der Waals surface area contributed by atoms with Crippen molar-refractivity contribution < 1.29 is 8.42 Å². The van der Waals surface area contributed by atoms with Gasteiger partial charge in [-0.3, -0.25) is 0 Å². The molecule has 0 aliphatic heterocycles. The first-order valence-corrected chi connectivity index (χ1v) is 7.99. The topological polar surface area (TPSA) is 46.2 Å². The van der Waals surface area contributed by atoms with Crippen LogP contribution in [-0.2, 0) is 9.84 Å². The summed E-state index contributed by atoms with van der Waals surface area (Å²) in [6.07, 6.45) is 2.10. The average Bonchev–Trinajstić information content (AvgIpc) is 2.36. The van der Waals surface area contributed by atoms with E-state index in [1.54, 1.807) is 6.92 Å². The van der Waals surface area contributed by atoms with Crippen LogP contribution in [-0.4, -0.2) is 33.0 Å². The molecule has 4 heteroatoms. The number of hydrogen-bond acceptors (Lipinski definition) is 3. The van der Waals surface area contributed by atoms with Crippen LogP contribution in [0.4, 0.5) is 0 Å². The number of hydrogen-bond donors (Lipinski definition) is 1. The van der Waals surface area contributed by atoms with Gasteiger partial charge in [0.05, 0.1) is 5.75 Å². The van der Waals surface area contributed by atoms with Gasteiger partial charge in [0.15, 0.2) is 9.84 Å². The lowest BCUT2D eigenvalue weighted by Gasteiger charge is -2.05. The first kappa shape index (κ1) is 14.9. The molecule has 1 aromatic rings. The minimum Gasteiger partial charge on any atom is -0.312 e. The van der Waals surface area contributed by atoms with Crippen LogP contribution in [0.15, 0.2) is 35.9 Å². The molecule has 100 valence electrons. The molecule has 0 saturated heterocycles. The molecule has 0 aliphatic carbocycles. The van der Waals surface area contributed by atoms with Gasteiger partial charge in [0.25, 0.3) is 0 Å². The molecule has 1 N–H and O–H groups in total. The predicted molar refractivity (Wildman–Crippen MR) is 77.3 cm³/mol. The molecule has 0 bridgehead atoms. The maximum Gasteiger partial charge on any atom is 0.151 e. The fraction of sp³-hybridized carbons (Fsp3) is 0.429. The zero-order valence-corrected chi connectivity index (χ0v) is 11.8. The van der Waals surface area contributed by atoms with Gasteiger partial charge in [-0.15, -0.1) is 0 Å². The van der Waals surface area contributed by atoms with E-state index < -0.39 is 9.84 Å². The van der Waals surface area contributed by atoms with Gasteiger partial charge in [-0.2, -0.15) is 0 Å². The molecule has 0 spiro atoms. The molecular weight excluding hydrogens is 246 g/mol. The number of sulfone groups is 1. The molecule has 0 heterocycles. The summed E-state index contributed by atoms with van der Waals surface area (Å²) in [6.45, 7) is 4.94. The number of benzene rings is 1. The third-order valence-corrected chi connectivity index (χ3v) is 4.35. The molecule has 3 nitrogen and oxygen atoms in total. The number of rotatable bonds is 7. The van der Waals surface area contributed by atoms with E-state index in [-0.39, 0.29) is 11.5 Å². The molecule has 0 atom stereocenters. The Morgan fingerprint density at radius 1 is 1.28 bits per heavy atom. The van der Waals surface area contributed by atoms with E-state index >= 15 is 0 Å². The van der Waals surface area contributed by atoms with Gasteiger partial charge in [0, 0.05) is 18.8 Å². The fourth-order valence-corrected chi connectivity index (χ4v) is 2.29. The van der Waals surface area contributed by atoms with Crippen molar-refractivity contribution in [3.63, 3.8) is 0 Å². The SMILES string of the molecule is CCS(=O)(=O)CCNC/C(C)=C/c1ccccc1. The summed E-state index contributed by atoms with van der Waals surface area (Å²) >= 11 is 0. The monoisotopic (exact) mass is 267 g/mol. The Kier molecular flexibility index (Phi) is 6.09. The second-order valence-corrected chi connectivity index (χ2v) is 6.79. The molecule has 0 saturated carbocycles. The second kappa shape index (κ2) is 7.34. The Morgan fingerprint density at radius 3 is 2.56 bits per heavy atom. The molecule has 1 rings (SSSR count). The highest BCUT2D eigenvalue weighted by Gasteiger charge is 2.05. The molecule has 0 radical (unpaired) electrons.